The number of nitrogens with zero attached hydrogens (tertiary/aromatic N) is 3. The van der Waals surface area contributed by atoms with Crippen LogP contribution in [-0.2, 0) is 17.7 Å². The van der Waals surface area contributed by atoms with Crippen LogP contribution in [0.15, 0.2) is 58.7 Å². The van der Waals surface area contributed by atoms with Gasteiger partial charge in [-0.3, -0.25) is 14.5 Å². The fourth-order valence-electron chi connectivity index (χ4n) is 7.09. The van der Waals surface area contributed by atoms with Gasteiger partial charge in [-0.2, -0.15) is 0 Å². The van der Waals surface area contributed by atoms with Gasteiger partial charge in [-0.15, -0.1) is 11.3 Å². The summed E-state index contributed by atoms with van der Waals surface area (Å²) in [4.78, 5) is 36.9. The molecule has 2 aliphatic heterocycles. The van der Waals surface area contributed by atoms with Crippen molar-refractivity contribution in [2.45, 2.75) is 70.1 Å². The lowest BCUT2D eigenvalue weighted by molar-refractivity contribution is -0.128. The smallest absolute Gasteiger partial charge is 0.273 e. The van der Waals surface area contributed by atoms with Crippen molar-refractivity contribution in [2.75, 3.05) is 45.9 Å². The maximum atomic E-state index is 13.4. The summed E-state index contributed by atoms with van der Waals surface area (Å²) < 4.78 is 6.36. The number of aromatic amines is 1. The van der Waals surface area contributed by atoms with Crippen LogP contribution in [0.5, 0.6) is 5.75 Å². The third kappa shape index (κ3) is 7.82. The number of hydrogen-bond acceptors (Lipinski definition) is 9. The maximum absolute atomic E-state index is 13.4. The molecule has 10 nitrogen and oxygen atoms in total. The van der Waals surface area contributed by atoms with E-state index in [1.54, 1.807) is 23.5 Å². The first kappa shape index (κ1) is 34.3. The Morgan fingerprint density at radius 3 is 2.69 bits per heavy atom. The lowest BCUT2D eigenvalue weighted by Gasteiger charge is -2.47. The van der Waals surface area contributed by atoms with E-state index in [1.807, 2.05) is 10.3 Å². The highest BCUT2D eigenvalue weighted by Crippen LogP contribution is 2.33. The van der Waals surface area contributed by atoms with E-state index in [9.17, 15) is 19.8 Å². The Balaban J connectivity index is 0.968. The Morgan fingerprint density at radius 1 is 1.10 bits per heavy atom. The number of hydrogen-bond donors (Lipinski definition) is 4. The van der Waals surface area contributed by atoms with Crippen molar-refractivity contribution in [2.24, 2.45) is 0 Å². The number of carbonyl (C=O) groups excluding carboxylic acids is 1. The van der Waals surface area contributed by atoms with E-state index in [0.29, 0.717) is 60.9 Å². The van der Waals surface area contributed by atoms with Crippen molar-refractivity contribution in [3.63, 3.8) is 0 Å². The molecule has 2 aromatic heterocycles. The molecule has 2 fully saturated rings. The Labute approximate surface area is 285 Å². The van der Waals surface area contributed by atoms with Crippen LogP contribution in [0.25, 0.3) is 10.9 Å². The predicted octanol–water partition coefficient (Wildman–Crippen LogP) is 4.97. The van der Waals surface area contributed by atoms with Gasteiger partial charge in [0.15, 0.2) is 0 Å². The van der Waals surface area contributed by atoms with Crippen molar-refractivity contribution in [3.05, 3.63) is 91.7 Å². The van der Waals surface area contributed by atoms with Gasteiger partial charge in [0.05, 0.1) is 35.4 Å². The van der Waals surface area contributed by atoms with Crippen LogP contribution in [0, 0.1) is 0 Å². The number of amides is 1. The summed E-state index contributed by atoms with van der Waals surface area (Å²) >= 11 is 1.61. The molecule has 1 atom stereocenters. The molecule has 4 heterocycles. The SMILES string of the molecule is CCC(CC)c1nc(C(=O)N2CCOC3(CCN(Cc4cccc(CCNC[C@H](O)c5ccc(O)c6[nH]c(=O)ccc56)c4)CC3)C2)cs1. The van der Waals surface area contributed by atoms with Gasteiger partial charge in [-0.05, 0) is 67.5 Å². The summed E-state index contributed by atoms with van der Waals surface area (Å²) in [5.74, 6) is 0.429. The number of ether oxygens (including phenoxy) is 1. The molecule has 256 valence electrons. The molecule has 6 rings (SSSR count). The molecule has 1 spiro atoms. The minimum absolute atomic E-state index is 0.0191. The van der Waals surface area contributed by atoms with Crippen LogP contribution in [-0.4, -0.2) is 87.4 Å². The highest BCUT2D eigenvalue weighted by Gasteiger charge is 2.41. The number of aromatic nitrogens is 2. The van der Waals surface area contributed by atoms with Gasteiger partial charge < -0.3 is 30.2 Å². The van der Waals surface area contributed by atoms with Gasteiger partial charge in [-0.25, -0.2) is 4.98 Å². The van der Waals surface area contributed by atoms with Gasteiger partial charge in [0.2, 0.25) is 5.56 Å². The van der Waals surface area contributed by atoms with E-state index in [2.05, 4.69) is 53.3 Å². The van der Waals surface area contributed by atoms with E-state index in [4.69, 9.17) is 9.72 Å². The Bertz CT molecular complexity index is 1760. The number of likely N-dealkylation sites (tertiary alicyclic amines) is 1. The van der Waals surface area contributed by atoms with Gasteiger partial charge in [-0.1, -0.05) is 44.2 Å². The zero-order valence-electron chi connectivity index (χ0n) is 27.9. The second-order valence-corrected chi connectivity index (χ2v) is 14.1. The summed E-state index contributed by atoms with van der Waals surface area (Å²) in [5.41, 5.74) is 3.47. The van der Waals surface area contributed by atoms with Gasteiger partial charge in [0, 0.05) is 55.5 Å². The van der Waals surface area contributed by atoms with Crippen LogP contribution in [0.1, 0.15) is 83.7 Å². The number of nitrogens with one attached hydrogen (secondary N) is 2. The van der Waals surface area contributed by atoms with E-state index in [-0.39, 0.29) is 22.8 Å². The number of phenolic OH excluding ortho intramolecular Hbond substituents is 1. The first-order chi connectivity index (χ1) is 23.3. The highest BCUT2D eigenvalue weighted by atomic mass is 32.1. The summed E-state index contributed by atoms with van der Waals surface area (Å²) in [6.45, 7) is 9.90. The maximum Gasteiger partial charge on any atom is 0.273 e. The molecular formula is C37H47N5O5S. The van der Waals surface area contributed by atoms with Crippen molar-refractivity contribution >= 4 is 28.1 Å². The Kier molecular flexibility index (Phi) is 10.9. The Hall–Kier alpha value is -3.61. The van der Waals surface area contributed by atoms with Crippen LogP contribution in [0.4, 0.5) is 0 Å². The Morgan fingerprint density at radius 2 is 1.90 bits per heavy atom. The normalized spacial score (nSPS) is 17.4. The molecule has 2 aliphatic rings. The monoisotopic (exact) mass is 673 g/mol. The van der Waals surface area contributed by atoms with E-state index in [0.717, 1.165) is 56.7 Å². The third-order valence-electron chi connectivity index (χ3n) is 9.97. The van der Waals surface area contributed by atoms with E-state index >= 15 is 0 Å². The van der Waals surface area contributed by atoms with E-state index in [1.165, 1.54) is 23.3 Å². The number of carbonyl (C=O) groups is 1. The number of aliphatic hydroxyl groups is 1. The fraction of sp³-hybridized carbons (Fsp3) is 0.486. The van der Waals surface area contributed by atoms with Gasteiger partial charge in [0.1, 0.15) is 11.4 Å². The van der Waals surface area contributed by atoms with Gasteiger partial charge in [0.25, 0.3) is 5.91 Å². The number of aliphatic hydroxyl groups excluding tert-OH is 1. The average Bonchev–Trinajstić information content (AvgIpc) is 3.59. The molecule has 0 radical (unpaired) electrons. The van der Waals surface area contributed by atoms with Crippen molar-refractivity contribution in [1.82, 2.24) is 25.1 Å². The molecule has 0 unspecified atom stereocenters. The third-order valence-corrected chi connectivity index (χ3v) is 11.0. The van der Waals surface area contributed by atoms with E-state index < -0.39 is 6.10 Å². The number of benzene rings is 2. The largest absolute Gasteiger partial charge is 0.506 e. The standard InChI is InChI=1S/C37H47N5O5S/c1-3-27(4-2)35-39-30(23-48-35)36(46)42-18-19-47-37(24-42)13-16-41(17-14-37)22-26-7-5-6-25(20-26)12-15-38-21-32(44)28-8-10-31(43)34-29(28)9-11-33(45)40-34/h5-11,20,23,27,32,38,43-44H,3-4,12-19,21-22,24H2,1-2H3,(H,40,45)/t32-/m0/s1. The quantitative estimate of drug-likeness (QED) is 0.155. The summed E-state index contributed by atoms with van der Waals surface area (Å²) in [5, 5.41) is 28.0. The zero-order chi connectivity index (χ0) is 33.7. The van der Waals surface area contributed by atoms with Crippen LogP contribution in [0.2, 0.25) is 0 Å². The molecule has 2 aromatic carbocycles. The molecule has 0 bridgehead atoms. The number of fused-ring (bicyclic) bond motifs is 1. The fourth-order valence-corrected chi connectivity index (χ4v) is 8.15. The number of thiazole rings is 1. The number of pyridine rings is 1. The summed E-state index contributed by atoms with van der Waals surface area (Å²) in [6.07, 6.45) is 3.90. The number of H-pyrrole nitrogens is 1. The molecule has 11 heteroatoms. The number of morpholine rings is 1. The minimum Gasteiger partial charge on any atom is -0.506 e. The van der Waals surface area contributed by atoms with Crippen molar-refractivity contribution < 1.29 is 19.7 Å². The highest BCUT2D eigenvalue weighted by molar-refractivity contribution is 7.09. The molecule has 48 heavy (non-hydrogen) atoms. The topological polar surface area (TPSA) is 131 Å². The molecule has 1 amide bonds. The molecule has 0 aliphatic carbocycles. The first-order valence-electron chi connectivity index (χ1n) is 17.2. The van der Waals surface area contributed by atoms with Gasteiger partial charge >= 0.3 is 0 Å². The molecule has 4 N–H and O–H groups in total. The van der Waals surface area contributed by atoms with Crippen molar-refractivity contribution in [1.29, 1.82) is 0 Å². The lowest BCUT2D eigenvalue weighted by atomic mass is 9.89. The van der Waals surface area contributed by atoms with Crippen molar-refractivity contribution in [3.8, 4) is 5.75 Å². The molecule has 2 saturated heterocycles. The average molecular weight is 674 g/mol. The first-order valence-corrected chi connectivity index (χ1v) is 18.1. The summed E-state index contributed by atoms with van der Waals surface area (Å²) in [6, 6.07) is 14.9. The number of phenols is 1. The number of aromatic hydroxyl groups is 1. The van der Waals surface area contributed by atoms with Crippen LogP contribution >= 0.6 is 11.3 Å². The second kappa shape index (κ2) is 15.3. The lowest BCUT2D eigenvalue weighted by Crippen LogP contribution is -2.58. The predicted molar refractivity (Wildman–Crippen MR) is 189 cm³/mol. The van der Waals surface area contributed by atoms with Crippen LogP contribution < -0.4 is 10.9 Å². The second-order valence-electron chi connectivity index (χ2n) is 13.2. The number of piperidine rings is 1. The summed E-state index contributed by atoms with van der Waals surface area (Å²) in [7, 11) is 0. The zero-order valence-corrected chi connectivity index (χ0v) is 28.7. The minimum atomic E-state index is -0.786. The molecule has 4 aromatic rings. The molecule has 0 saturated carbocycles. The molecular weight excluding hydrogens is 627 g/mol. The van der Waals surface area contributed by atoms with Crippen LogP contribution in [0.3, 0.4) is 0 Å². The number of rotatable bonds is 12.